The summed E-state index contributed by atoms with van der Waals surface area (Å²) in [4.78, 5) is 67.3. The number of carbonyl (C=O) groups is 5. The van der Waals surface area contributed by atoms with E-state index in [2.05, 4.69) is 22.0 Å². The average molecular weight is 568 g/mol. The zero-order valence-corrected chi connectivity index (χ0v) is 22.0. The van der Waals surface area contributed by atoms with E-state index in [9.17, 15) is 32.4 Å². The number of benzene rings is 2. The first-order chi connectivity index (χ1) is 19.0. The van der Waals surface area contributed by atoms with Crippen molar-refractivity contribution in [3.05, 3.63) is 65.2 Å². The molecular weight excluding hydrogens is 542 g/mol. The van der Waals surface area contributed by atoms with Gasteiger partial charge in [0.2, 0.25) is 11.8 Å². The van der Waals surface area contributed by atoms with Crippen LogP contribution in [-0.4, -0.2) is 59.4 Å². The Morgan fingerprint density at radius 3 is 2.38 bits per heavy atom. The Morgan fingerprint density at radius 1 is 0.975 bits per heavy atom. The number of fused-ring (bicyclic) bond motifs is 2. The standard InChI is InChI=1S/C27H25N3O9S/c31-23(10-5-11-26(34)39-30-25(33)16-22(27(30)35)40(36,37)38)28-15-14-24(32)29-17-20-8-2-1-6-18(20)12-13-19-7-3-4-9-21(19)29/h1-4,6-9,22H,5,10-11,14-17H2,(H,28,31)(H,36,37,38). The van der Waals surface area contributed by atoms with E-state index in [4.69, 9.17) is 4.55 Å². The first kappa shape index (κ1) is 28.5. The van der Waals surface area contributed by atoms with Crippen LogP contribution in [0, 0.1) is 11.8 Å². The lowest BCUT2D eigenvalue weighted by molar-refractivity contribution is -0.197. The van der Waals surface area contributed by atoms with E-state index in [0.29, 0.717) is 17.8 Å². The second-order valence-corrected chi connectivity index (χ2v) is 10.7. The minimum atomic E-state index is -4.82. The minimum absolute atomic E-state index is 0.00547. The number of rotatable bonds is 9. The highest BCUT2D eigenvalue weighted by Gasteiger charge is 2.48. The van der Waals surface area contributed by atoms with Crippen molar-refractivity contribution in [3.63, 3.8) is 0 Å². The lowest BCUT2D eigenvalue weighted by Crippen LogP contribution is -2.36. The van der Waals surface area contributed by atoms with Gasteiger partial charge < -0.3 is 15.1 Å². The quantitative estimate of drug-likeness (QED) is 0.256. The van der Waals surface area contributed by atoms with Gasteiger partial charge in [-0.05, 0) is 30.2 Å². The van der Waals surface area contributed by atoms with Gasteiger partial charge in [0.05, 0.1) is 18.7 Å². The van der Waals surface area contributed by atoms with Gasteiger partial charge in [-0.1, -0.05) is 42.2 Å². The van der Waals surface area contributed by atoms with Crippen LogP contribution in [-0.2, 0) is 45.5 Å². The number of hydrogen-bond donors (Lipinski definition) is 2. The van der Waals surface area contributed by atoms with Gasteiger partial charge in [-0.25, -0.2) is 4.79 Å². The third-order valence-corrected chi connectivity index (χ3v) is 7.32. The summed E-state index contributed by atoms with van der Waals surface area (Å²) in [6.07, 6.45) is -1.26. The van der Waals surface area contributed by atoms with Gasteiger partial charge in [0.1, 0.15) is 0 Å². The summed E-state index contributed by atoms with van der Waals surface area (Å²) in [5.74, 6) is 2.16. The smallest absolute Gasteiger partial charge is 0.333 e. The van der Waals surface area contributed by atoms with Crippen molar-refractivity contribution in [1.82, 2.24) is 10.4 Å². The Labute approximate surface area is 230 Å². The molecule has 1 saturated heterocycles. The van der Waals surface area contributed by atoms with E-state index in [1.807, 2.05) is 48.5 Å². The maximum absolute atomic E-state index is 13.2. The van der Waals surface area contributed by atoms with Crippen LogP contribution >= 0.6 is 0 Å². The fourth-order valence-corrected chi connectivity index (χ4v) is 4.90. The van der Waals surface area contributed by atoms with Crippen molar-refractivity contribution in [3.8, 4) is 11.8 Å². The Kier molecular flexibility index (Phi) is 8.61. The van der Waals surface area contributed by atoms with Crippen LogP contribution in [0.25, 0.3) is 0 Å². The summed E-state index contributed by atoms with van der Waals surface area (Å²) in [7, 11) is -4.82. The fourth-order valence-electron chi connectivity index (χ4n) is 4.19. The normalized spacial score (nSPS) is 16.2. The largest absolute Gasteiger partial charge is 0.356 e. The van der Waals surface area contributed by atoms with Crippen LogP contribution in [0.15, 0.2) is 48.5 Å². The molecule has 2 aliphatic rings. The lowest BCUT2D eigenvalue weighted by Gasteiger charge is -2.26. The summed E-state index contributed by atoms with van der Waals surface area (Å²) in [6, 6.07) is 14.9. The van der Waals surface area contributed by atoms with Crippen molar-refractivity contribution in [2.75, 3.05) is 11.4 Å². The van der Waals surface area contributed by atoms with Gasteiger partial charge in [-0.15, -0.1) is 5.06 Å². The van der Waals surface area contributed by atoms with Crippen LogP contribution in [0.2, 0.25) is 0 Å². The van der Waals surface area contributed by atoms with Crippen LogP contribution in [0.1, 0.15) is 48.8 Å². The molecule has 2 aliphatic heterocycles. The van der Waals surface area contributed by atoms with E-state index in [0.717, 1.165) is 11.1 Å². The fraction of sp³-hybridized carbons (Fsp3) is 0.296. The van der Waals surface area contributed by atoms with Crippen molar-refractivity contribution in [1.29, 1.82) is 0 Å². The second kappa shape index (κ2) is 12.1. The Morgan fingerprint density at radius 2 is 1.65 bits per heavy atom. The molecule has 0 spiro atoms. The minimum Gasteiger partial charge on any atom is -0.356 e. The predicted octanol–water partition coefficient (Wildman–Crippen LogP) is 1.08. The molecule has 0 bridgehead atoms. The molecule has 1 fully saturated rings. The summed E-state index contributed by atoms with van der Waals surface area (Å²) >= 11 is 0. The van der Waals surface area contributed by atoms with E-state index in [1.165, 1.54) is 0 Å². The molecule has 0 aromatic heterocycles. The zero-order valence-electron chi connectivity index (χ0n) is 21.2. The molecule has 1 unspecified atom stereocenters. The highest BCUT2D eigenvalue weighted by Crippen LogP contribution is 2.26. The number of hydrogen-bond acceptors (Lipinski definition) is 8. The number of anilines is 1. The number of hydroxylamine groups is 2. The lowest BCUT2D eigenvalue weighted by atomic mass is 10.0. The van der Waals surface area contributed by atoms with Crippen LogP contribution in [0.3, 0.4) is 0 Å². The highest BCUT2D eigenvalue weighted by molar-refractivity contribution is 7.87. The van der Waals surface area contributed by atoms with Crippen molar-refractivity contribution >= 4 is 45.4 Å². The third-order valence-electron chi connectivity index (χ3n) is 6.23. The topological polar surface area (TPSA) is 167 Å². The number of imide groups is 1. The number of carbonyl (C=O) groups excluding carboxylic acids is 5. The van der Waals surface area contributed by atoms with Crippen LogP contribution in [0.5, 0.6) is 0 Å². The van der Waals surface area contributed by atoms with Gasteiger partial charge >= 0.3 is 5.97 Å². The molecule has 2 aromatic carbocycles. The Hall–Kier alpha value is -4.54. The van der Waals surface area contributed by atoms with Gasteiger partial charge in [0, 0.05) is 36.9 Å². The zero-order chi connectivity index (χ0) is 28.9. The van der Waals surface area contributed by atoms with Gasteiger partial charge in [-0.3, -0.25) is 23.7 Å². The molecule has 208 valence electrons. The van der Waals surface area contributed by atoms with E-state index < -0.39 is 45.5 Å². The Bertz CT molecular complexity index is 1540. The molecule has 4 amide bonds. The van der Waals surface area contributed by atoms with Gasteiger partial charge in [0.15, 0.2) is 5.25 Å². The molecule has 0 saturated carbocycles. The summed E-state index contributed by atoms with van der Waals surface area (Å²) in [5, 5.41) is 0.623. The molecular formula is C27H25N3O9S. The maximum Gasteiger partial charge on any atom is 0.333 e. The molecule has 40 heavy (non-hydrogen) atoms. The summed E-state index contributed by atoms with van der Waals surface area (Å²) in [5.41, 5.74) is 3.13. The number of amides is 4. The molecule has 2 aromatic rings. The summed E-state index contributed by atoms with van der Waals surface area (Å²) in [6.45, 7) is 0.381. The first-order valence-electron chi connectivity index (χ1n) is 12.3. The number of para-hydroxylation sites is 1. The Balaban J connectivity index is 1.24. The molecule has 13 heteroatoms. The highest BCUT2D eigenvalue weighted by atomic mass is 32.2. The second-order valence-electron chi connectivity index (χ2n) is 9.06. The third kappa shape index (κ3) is 6.71. The van der Waals surface area contributed by atoms with E-state index in [-0.39, 0.29) is 43.2 Å². The summed E-state index contributed by atoms with van der Waals surface area (Å²) < 4.78 is 31.3. The molecule has 2 N–H and O–H groups in total. The van der Waals surface area contributed by atoms with E-state index >= 15 is 0 Å². The molecule has 2 heterocycles. The number of nitrogens with one attached hydrogen (secondary N) is 1. The van der Waals surface area contributed by atoms with Crippen molar-refractivity contribution in [2.24, 2.45) is 0 Å². The van der Waals surface area contributed by atoms with Crippen molar-refractivity contribution < 1.29 is 41.8 Å². The van der Waals surface area contributed by atoms with Crippen LogP contribution in [0.4, 0.5) is 5.69 Å². The molecule has 0 aliphatic carbocycles. The van der Waals surface area contributed by atoms with Crippen LogP contribution < -0.4 is 10.2 Å². The van der Waals surface area contributed by atoms with Crippen molar-refractivity contribution in [2.45, 2.75) is 43.9 Å². The average Bonchev–Trinajstić information content (AvgIpc) is 3.18. The molecule has 1 atom stereocenters. The first-order valence-corrected chi connectivity index (χ1v) is 13.8. The van der Waals surface area contributed by atoms with Gasteiger partial charge in [0.25, 0.3) is 21.9 Å². The SMILES string of the molecule is O=C(CCCC(=O)ON1C(=O)CC(S(=O)(=O)O)C1=O)NCCC(=O)N1Cc2ccccc2C#Cc2ccccc21. The molecule has 4 rings (SSSR count). The monoisotopic (exact) mass is 567 g/mol. The molecule has 12 nitrogen and oxygen atoms in total. The number of nitrogens with zero attached hydrogens (tertiary/aromatic N) is 2. The maximum atomic E-state index is 13.2. The predicted molar refractivity (Wildman–Crippen MR) is 139 cm³/mol. The van der Waals surface area contributed by atoms with E-state index in [1.54, 1.807) is 4.90 Å². The molecule has 0 radical (unpaired) electrons. The van der Waals surface area contributed by atoms with Gasteiger partial charge in [-0.2, -0.15) is 8.42 Å².